The van der Waals surface area contributed by atoms with E-state index in [9.17, 15) is 15.0 Å². The van der Waals surface area contributed by atoms with Crippen LogP contribution in [0, 0.1) is 11.3 Å². The number of allylic oxidation sites excluding steroid dienone is 1. The second kappa shape index (κ2) is 4.57. The lowest BCUT2D eigenvalue weighted by molar-refractivity contribution is -0.240. The zero-order valence-electron chi connectivity index (χ0n) is 15.5. The Morgan fingerprint density at radius 1 is 1.37 bits per heavy atom. The average molecular weight is 368 g/mol. The highest BCUT2D eigenvalue weighted by Crippen LogP contribution is 2.73. The lowest BCUT2D eigenvalue weighted by atomic mass is 9.57. The van der Waals surface area contributed by atoms with Crippen LogP contribution in [-0.4, -0.2) is 58.6 Å². The van der Waals surface area contributed by atoms with E-state index >= 15 is 0 Å². The molecular formula is C21H24N2O4. The molecule has 5 bridgehead atoms. The summed E-state index contributed by atoms with van der Waals surface area (Å²) in [5.74, 6) is -0.554. The molecule has 3 unspecified atom stereocenters. The minimum atomic E-state index is -1.09. The third-order valence-corrected chi connectivity index (χ3v) is 8.39. The van der Waals surface area contributed by atoms with E-state index in [1.807, 2.05) is 37.3 Å². The van der Waals surface area contributed by atoms with Crippen molar-refractivity contribution in [3.05, 3.63) is 41.5 Å². The summed E-state index contributed by atoms with van der Waals surface area (Å²) < 4.78 is 5.29. The Labute approximate surface area is 157 Å². The number of para-hydroxylation sites is 1. The lowest BCUT2D eigenvalue weighted by Gasteiger charge is -2.64. The van der Waals surface area contributed by atoms with Crippen LogP contribution in [0.3, 0.4) is 0 Å². The highest BCUT2D eigenvalue weighted by molar-refractivity contribution is 5.84. The average Bonchev–Trinajstić information content (AvgIpc) is 3.15. The van der Waals surface area contributed by atoms with Gasteiger partial charge in [-0.25, -0.2) is 0 Å². The number of esters is 1. The topological polar surface area (TPSA) is 82.0 Å². The summed E-state index contributed by atoms with van der Waals surface area (Å²) in [5, 5.41) is 27.3. The van der Waals surface area contributed by atoms with Crippen LogP contribution in [0.15, 0.2) is 35.9 Å². The molecule has 8 atom stereocenters. The van der Waals surface area contributed by atoms with Gasteiger partial charge in [0.25, 0.3) is 0 Å². The molecule has 6 nitrogen and oxygen atoms in total. The number of nitrogens with one attached hydrogen (secondary N) is 1. The van der Waals surface area contributed by atoms with Crippen molar-refractivity contribution >= 4 is 11.7 Å². The number of hydrogen-bond donors (Lipinski definition) is 3. The van der Waals surface area contributed by atoms with Crippen LogP contribution in [-0.2, 0) is 14.9 Å². The number of hydrogen-bond acceptors (Lipinski definition) is 6. The van der Waals surface area contributed by atoms with E-state index in [-0.39, 0.29) is 24.0 Å². The molecule has 142 valence electrons. The third-order valence-electron chi connectivity index (χ3n) is 8.39. The first-order valence-corrected chi connectivity index (χ1v) is 9.73. The van der Waals surface area contributed by atoms with Gasteiger partial charge in [-0.05, 0) is 31.4 Å². The van der Waals surface area contributed by atoms with E-state index in [2.05, 4.69) is 10.2 Å². The molecule has 1 aromatic rings. The quantitative estimate of drug-likeness (QED) is 0.507. The molecule has 5 fully saturated rings. The molecule has 5 heterocycles. The molecule has 0 amide bonds. The van der Waals surface area contributed by atoms with Gasteiger partial charge in [0, 0.05) is 24.2 Å². The normalized spacial score (nSPS) is 51.9. The SMILES string of the molecule is C/C=C1/CN2[C@H]3C[C@@]45c6ccccc6N[C@@H]4[C@]2(O)C[C@@H]1C3(C(=O)OC)C5O. The van der Waals surface area contributed by atoms with Crippen molar-refractivity contribution in [2.45, 2.75) is 49.1 Å². The molecule has 1 spiro atoms. The van der Waals surface area contributed by atoms with Crippen LogP contribution in [0.1, 0.15) is 25.3 Å². The molecule has 4 saturated heterocycles. The van der Waals surface area contributed by atoms with Gasteiger partial charge in [-0.1, -0.05) is 29.8 Å². The number of methoxy groups -OCH3 is 1. The summed E-state index contributed by atoms with van der Waals surface area (Å²) in [4.78, 5) is 15.3. The van der Waals surface area contributed by atoms with Crippen LogP contribution in [0.25, 0.3) is 0 Å². The van der Waals surface area contributed by atoms with Gasteiger partial charge in [0.05, 0.1) is 24.7 Å². The van der Waals surface area contributed by atoms with Crippen LogP contribution in [0.4, 0.5) is 5.69 Å². The second-order valence-corrected chi connectivity index (χ2v) is 8.84. The number of rotatable bonds is 1. The molecule has 0 radical (unpaired) electrons. The maximum absolute atomic E-state index is 13.3. The second-order valence-electron chi connectivity index (χ2n) is 8.84. The van der Waals surface area contributed by atoms with Gasteiger partial charge >= 0.3 is 5.97 Å². The maximum Gasteiger partial charge on any atom is 0.316 e. The summed E-state index contributed by atoms with van der Waals surface area (Å²) in [6.07, 6.45) is 2.21. The first-order chi connectivity index (χ1) is 13.0. The predicted octanol–water partition coefficient (Wildman–Crippen LogP) is 0.995. The Bertz CT molecular complexity index is 915. The number of benzene rings is 1. The molecule has 7 rings (SSSR count). The molecule has 6 heteroatoms. The Morgan fingerprint density at radius 3 is 2.89 bits per heavy atom. The van der Waals surface area contributed by atoms with Gasteiger partial charge in [0.15, 0.2) is 0 Å². The monoisotopic (exact) mass is 368 g/mol. The number of aliphatic hydroxyl groups is 2. The first kappa shape index (κ1) is 16.1. The number of aliphatic hydroxyl groups excluding tert-OH is 1. The Balaban J connectivity index is 1.69. The molecule has 6 aliphatic rings. The van der Waals surface area contributed by atoms with E-state index in [0.717, 1.165) is 16.8 Å². The maximum atomic E-state index is 13.3. The number of fused-ring (bicyclic) bond motifs is 2. The zero-order chi connectivity index (χ0) is 18.8. The highest BCUT2D eigenvalue weighted by Gasteiger charge is 2.85. The number of nitrogens with zero attached hydrogens (tertiary/aromatic N) is 1. The van der Waals surface area contributed by atoms with Gasteiger partial charge in [0.1, 0.15) is 11.1 Å². The fraction of sp³-hybridized carbons (Fsp3) is 0.571. The zero-order valence-corrected chi connectivity index (χ0v) is 15.5. The fourth-order valence-electron chi connectivity index (χ4n) is 7.51. The van der Waals surface area contributed by atoms with Gasteiger partial charge in [-0.15, -0.1) is 0 Å². The number of carbonyl (C=O) groups is 1. The minimum Gasteiger partial charge on any atom is -0.468 e. The fourth-order valence-corrected chi connectivity index (χ4v) is 7.51. The molecule has 3 N–H and O–H groups in total. The van der Waals surface area contributed by atoms with Crippen molar-refractivity contribution < 1.29 is 19.7 Å². The van der Waals surface area contributed by atoms with Crippen molar-refractivity contribution in [2.24, 2.45) is 11.3 Å². The summed E-state index contributed by atoms with van der Waals surface area (Å²) in [6, 6.07) is 7.38. The molecular weight excluding hydrogens is 344 g/mol. The number of anilines is 1. The lowest BCUT2D eigenvalue weighted by Crippen LogP contribution is -2.77. The smallest absolute Gasteiger partial charge is 0.316 e. The van der Waals surface area contributed by atoms with Crippen LogP contribution >= 0.6 is 0 Å². The molecule has 1 aromatic carbocycles. The van der Waals surface area contributed by atoms with Gasteiger partial charge in [-0.3, -0.25) is 9.69 Å². The van der Waals surface area contributed by atoms with Gasteiger partial charge < -0.3 is 20.3 Å². The van der Waals surface area contributed by atoms with E-state index < -0.39 is 22.7 Å². The molecule has 1 aliphatic carbocycles. The largest absolute Gasteiger partial charge is 0.468 e. The van der Waals surface area contributed by atoms with E-state index in [1.165, 1.54) is 7.11 Å². The van der Waals surface area contributed by atoms with Crippen molar-refractivity contribution in [3.63, 3.8) is 0 Å². The van der Waals surface area contributed by atoms with E-state index in [1.54, 1.807) is 0 Å². The summed E-state index contributed by atoms with van der Waals surface area (Å²) in [7, 11) is 1.40. The van der Waals surface area contributed by atoms with Crippen molar-refractivity contribution in [2.75, 3.05) is 19.0 Å². The summed E-state index contributed by atoms with van der Waals surface area (Å²) in [6.45, 7) is 2.61. The standard InChI is InChI=1S/C21H24N2O4/c1-3-11-10-23-15-9-19-12-6-4-5-7-14(12)22-16(19)20(23,26)8-13(11)21(15,17(19)24)18(25)27-2/h3-7,13,15-17,22,24,26H,8-10H2,1-2H3/b11-3-/t13-,15-,16-,17?,19+,20+,21?/m0/s1. The first-order valence-electron chi connectivity index (χ1n) is 9.73. The number of carbonyl (C=O) groups excluding carboxylic acids is 1. The minimum absolute atomic E-state index is 0.205. The van der Waals surface area contributed by atoms with Crippen LogP contribution < -0.4 is 5.32 Å². The van der Waals surface area contributed by atoms with Crippen LogP contribution in [0.5, 0.6) is 0 Å². The van der Waals surface area contributed by atoms with Crippen LogP contribution in [0.2, 0.25) is 0 Å². The predicted molar refractivity (Wildman–Crippen MR) is 97.9 cm³/mol. The Kier molecular flexibility index (Phi) is 2.72. The third kappa shape index (κ3) is 1.36. The highest BCUT2D eigenvalue weighted by atomic mass is 16.5. The Hall–Kier alpha value is -1.89. The van der Waals surface area contributed by atoms with E-state index in [0.29, 0.717) is 19.4 Å². The molecule has 27 heavy (non-hydrogen) atoms. The van der Waals surface area contributed by atoms with Crippen molar-refractivity contribution in [3.8, 4) is 0 Å². The number of piperidine rings is 4. The molecule has 0 aromatic heterocycles. The van der Waals surface area contributed by atoms with Gasteiger partial charge in [-0.2, -0.15) is 0 Å². The van der Waals surface area contributed by atoms with Crippen molar-refractivity contribution in [1.29, 1.82) is 0 Å². The van der Waals surface area contributed by atoms with Crippen molar-refractivity contribution in [1.82, 2.24) is 4.90 Å². The number of ether oxygens (including phenoxy) is 1. The summed E-state index contributed by atoms with van der Waals surface area (Å²) in [5.41, 5.74) is 0.278. The molecule has 1 saturated carbocycles. The van der Waals surface area contributed by atoms with E-state index in [4.69, 9.17) is 4.74 Å². The molecule has 5 aliphatic heterocycles. The Morgan fingerprint density at radius 2 is 2.15 bits per heavy atom. The summed E-state index contributed by atoms with van der Waals surface area (Å²) >= 11 is 0. The van der Waals surface area contributed by atoms with Gasteiger partial charge in [0.2, 0.25) is 0 Å².